The fourth-order valence-electron chi connectivity index (χ4n) is 5.38. The number of Topliss-reactive ketones (excluding diaryl/α,β-unsaturated/α-hetero) is 2. The van der Waals surface area contributed by atoms with Crippen LogP contribution in [0.15, 0.2) is 30.5 Å². The Morgan fingerprint density at radius 1 is 1.21 bits per heavy atom. The molecule has 0 spiro atoms. The van der Waals surface area contributed by atoms with E-state index in [0.29, 0.717) is 16.6 Å². The van der Waals surface area contributed by atoms with Crippen molar-refractivity contribution in [1.82, 2.24) is 15.2 Å². The molecular formula is C24H25Cl2N3O4S. The van der Waals surface area contributed by atoms with Gasteiger partial charge in [0.15, 0.2) is 11.6 Å². The van der Waals surface area contributed by atoms with E-state index in [2.05, 4.69) is 15.2 Å². The van der Waals surface area contributed by atoms with E-state index in [4.69, 9.17) is 27.9 Å². The minimum absolute atomic E-state index is 0.00216. The number of nitrogens with one attached hydrogen (secondary N) is 1. The Labute approximate surface area is 211 Å². The van der Waals surface area contributed by atoms with E-state index in [-0.39, 0.29) is 60.1 Å². The zero-order valence-corrected chi connectivity index (χ0v) is 20.7. The van der Waals surface area contributed by atoms with Crippen molar-refractivity contribution in [2.45, 2.75) is 49.2 Å². The van der Waals surface area contributed by atoms with E-state index in [1.807, 2.05) is 12.1 Å². The molecule has 0 radical (unpaired) electrons. The molecule has 0 bridgehead atoms. The summed E-state index contributed by atoms with van der Waals surface area (Å²) in [7, 11) is 0. The molecule has 1 aliphatic carbocycles. The first-order chi connectivity index (χ1) is 16.4. The summed E-state index contributed by atoms with van der Waals surface area (Å²) >= 11 is 13.7. The van der Waals surface area contributed by atoms with Gasteiger partial charge in [0, 0.05) is 35.1 Å². The van der Waals surface area contributed by atoms with Crippen LogP contribution in [0, 0.1) is 5.92 Å². The normalized spacial score (nSPS) is 29.2. The summed E-state index contributed by atoms with van der Waals surface area (Å²) in [6.07, 6.45) is 4.93. The third kappa shape index (κ3) is 4.66. The topological polar surface area (TPSA) is 88.6 Å². The number of carbonyl (C=O) groups is 3. The number of aromatic nitrogens is 1. The van der Waals surface area contributed by atoms with Crippen molar-refractivity contribution in [2.24, 2.45) is 5.92 Å². The number of fused-ring (bicyclic) bond motifs is 1. The number of hydrogen-bond donors (Lipinski definition) is 1. The van der Waals surface area contributed by atoms with Gasteiger partial charge in [-0.25, -0.2) is 4.98 Å². The van der Waals surface area contributed by atoms with Crippen molar-refractivity contribution in [2.75, 3.05) is 19.7 Å². The van der Waals surface area contributed by atoms with Gasteiger partial charge < -0.3 is 10.1 Å². The van der Waals surface area contributed by atoms with Crippen LogP contribution in [0.1, 0.15) is 35.4 Å². The number of ketones is 2. The molecule has 1 amide bonds. The van der Waals surface area contributed by atoms with Gasteiger partial charge >= 0.3 is 0 Å². The largest absolute Gasteiger partial charge is 0.367 e. The molecular weight excluding hydrogens is 497 g/mol. The van der Waals surface area contributed by atoms with Crippen LogP contribution in [0.2, 0.25) is 5.15 Å². The predicted molar refractivity (Wildman–Crippen MR) is 131 cm³/mol. The van der Waals surface area contributed by atoms with Gasteiger partial charge in [0.1, 0.15) is 11.8 Å². The Hall–Kier alpha value is -1.84. The van der Waals surface area contributed by atoms with Crippen LogP contribution in [-0.2, 0) is 14.3 Å². The second-order valence-electron chi connectivity index (χ2n) is 9.04. The molecule has 5 rings (SSSR count). The summed E-state index contributed by atoms with van der Waals surface area (Å²) in [6, 6.07) is 6.75. The number of likely N-dealkylation sites (tertiary alicyclic amines) is 1. The smallest absolute Gasteiger partial charge is 0.261 e. The summed E-state index contributed by atoms with van der Waals surface area (Å²) in [5.41, 5.74) is 0.876. The van der Waals surface area contributed by atoms with Gasteiger partial charge in [0.25, 0.3) is 5.91 Å². The average molecular weight is 522 g/mol. The monoisotopic (exact) mass is 521 g/mol. The molecule has 4 heterocycles. The molecule has 2 saturated heterocycles. The molecule has 7 nitrogen and oxygen atoms in total. The van der Waals surface area contributed by atoms with Gasteiger partial charge in [0.2, 0.25) is 0 Å². The molecule has 0 aromatic carbocycles. The first-order valence-electron chi connectivity index (χ1n) is 11.5. The molecule has 1 unspecified atom stereocenters. The van der Waals surface area contributed by atoms with Gasteiger partial charge in [-0.3, -0.25) is 19.3 Å². The van der Waals surface area contributed by atoms with E-state index in [9.17, 15) is 14.4 Å². The molecule has 1 N–H and O–H groups in total. The molecule has 3 aliphatic rings. The Kier molecular flexibility index (Phi) is 7.04. The number of halogens is 2. The molecule has 1 saturated carbocycles. The number of alkyl halides is 1. The standard InChI is InChI=1S/C24H25Cl2N3O4S/c25-15-11-29(22-18(31)12-33-23(15)22)16-4-2-1-3-14(16)17(30)10-28-24(32)20-7-6-19(34-20)13-5-8-21(26)27-9-13/h5-9,14-16,22-23H,1-4,10-12H2,(H,28,32)/t14-,15-,16?,22+,23+/m0/s1. The highest BCUT2D eigenvalue weighted by molar-refractivity contribution is 7.17. The Balaban J connectivity index is 1.22. The van der Waals surface area contributed by atoms with Gasteiger partial charge in [-0.05, 0) is 37.1 Å². The lowest BCUT2D eigenvalue weighted by Gasteiger charge is -2.39. The molecule has 34 heavy (non-hydrogen) atoms. The molecule has 5 atom stereocenters. The highest BCUT2D eigenvalue weighted by Crippen LogP contribution is 2.38. The fourth-order valence-corrected chi connectivity index (χ4v) is 6.77. The maximum absolute atomic E-state index is 13.2. The van der Waals surface area contributed by atoms with Crippen molar-refractivity contribution in [1.29, 1.82) is 0 Å². The fraction of sp³-hybridized carbons (Fsp3) is 0.500. The third-order valence-corrected chi connectivity index (χ3v) is 8.74. The first kappa shape index (κ1) is 23.9. The summed E-state index contributed by atoms with van der Waals surface area (Å²) in [4.78, 5) is 46.0. The second kappa shape index (κ2) is 10.0. The van der Waals surface area contributed by atoms with Crippen LogP contribution in [-0.4, -0.2) is 70.6 Å². The first-order valence-corrected chi connectivity index (χ1v) is 13.1. The molecule has 2 aromatic heterocycles. The lowest BCUT2D eigenvalue weighted by atomic mass is 9.80. The number of thiophene rings is 1. The number of ether oxygens (including phenoxy) is 1. The highest BCUT2D eigenvalue weighted by Gasteiger charge is 2.53. The second-order valence-corrected chi connectivity index (χ2v) is 11.1. The van der Waals surface area contributed by atoms with Crippen LogP contribution in [0.5, 0.6) is 0 Å². The lowest BCUT2D eigenvalue weighted by molar-refractivity contribution is -0.128. The minimum atomic E-state index is -0.359. The van der Waals surface area contributed by atoms with Crippen LogP contribution in [0.25, 0.3) is 10.4 Å². The van der Waals surface area contributed by atoms with E-state index in [1.165, 1.54) is 11.3 Å². The van der Waals surface area contributed by atoms with Crippen LogP contribution < -0.4 is 5.32 Å². The van der Waals surface area contributed by atoms with Gasteiger partial charge in [-0.15, -0.1) is 22.9 Å². The van der Waals surface area contributed by atoms with Gasteiger partial charge in [0.05, 0.1) is 28.9 Å². The number of hydrogen-bond acceptors (Lipinski definition) is 7. The lowest BCUT2D eigenvalue weighted by Crippen LogP contribution is -2.52. The summed E-state index contributed by atoms with van der Waals surface area (Å²) in [6.45, 7) is 0.596. The van der Waals surface area contributed by atoms with Crippen molar-refractivity contribution in [3.8, 4) is 10.4 Å². The predicted octanol–water partition coefficient (Wildman–Crippen LogP) is 3.58. The minimum Gasteiger partial charge on any atom is -0.367 e. The quantitative estimate of drug-likeness (QED) is 0.461. The number of pyridine rings is 1. The molecule has 180 valence electrons. The van der Waals surface area contributed by atoms with Crippen LogP contribution >= 0.6 is 34.5 Å². The van der Waals surface area contributed by atoms with E-state index >= 15 is 0 Å². The summed E-state index contributed by atoms with van der Waals surface area (Å²) in [5.74, 6) is -0.468. The average Bonchev–Trinajstić information content (AvgIpc) is 3.56. The molecule has 2 aromatic rings. The van der Waals surface area contributed by atoms with Gasteiger partial charge in [-0.2, -0.15) is 0 Å². The van der Waals surface area contributed by atoms with Crippen LogP contribution in [0.4, 0.5) is 0 Å². The molecule has 3 fully saturated rings. The number of carbonyl (C=O) groups excluding carboxylic acids is 3. The highest BCUT2D eigenvalue weighted by atomic mass is 35.5. The van der Waals surface area contributed by atoms with E-state index in [0.717, 1.165) is 36.1 Å². The Morgan fingerprint density at radius 2 is 2.03 bits per heavy atom. The SMILES string of the molecule is O=C(NCC(=O)[C@H]1CCCCC1N1C[C@H](Cl)[C@H]2OCC(=O)[C@H]21)c1ccc(-c2ccc(Cl)nc2)s1. The third-order valence-electron chi connectivity index (χ3n) is 6.99. The maximum atomic E-state index is 13.2. The van der Waals surface area contributed by atoms with Gasteiger partial charge in [-0.1, -0.05) is 24.4 Å². The molecule has 10 heteroatoms. The summed E-state index contributed by atoms with van der Waals surface area (Å²) < 4.78 is 5.61. The van der Waals surface area contributed by atoms with E-state index < -0.39 is 0 Å². The summed E-state index contributed by atoms with van der Waals surface area (Å²) in [5, 5.41) is 2.95. The van der Waals surface area contributed by atoms with Crippen molar-refractivity contribution >= 4 is 52.0 Å². The zero-order valence-electron chi connectivity index (χ0n) is 18.4. The Morgan fingerprint density at radius 3 is 2.82 bits per heavy atom. The van der Waals surface area contributed by atoms with E-state index in [1.54, 1.807) is 18.3 Å². The van der Waals surface area contributed by atoms with Crippen molar-refractivity contribution < 1.29 is 19.1 Å². The molecule has 2 aliphatic heterocycles. The number of nitrogens with zero attached hydrogens (tertiary/aromatic N) is 2. The zero-order chi connectivity index (χ0) is 23.8. The number of rotatable bonds is 6. The van der Waals surface area contributed by atoms with Crippen molar-refractivity contribution in [3.05, 3.63) is 40.5 Å². The number of amides is 1. The maximum Gasteiger partial charge on any atom is 0.261 e. The Bertz CT molecular complexity index is 1090. The van der Waals surface area contributed by atoms with Crippen LogP contribution in [0.3, 0.4) is 0 Å². The van der Waals surface area contributed by atoms with Crippen molar-refractivity contribution in [3.63, 3.8) is 0 Å².